The zero-order chi connectivity index (χ0) is 16.2. The van der Waals surface area contributed by atoms with Crippen molar-refractivity contribution >= 4 is 23.5 Å². The van der Waals surface area contributed by atoms with Crippen LogP contribution in [0, 0.1) is 15.9 Å². The number of carbonyl (C=O) groups is 3. The van der Waals surface area contributed by atoms with Crippen molar-refractivity contribution in [2.45, 2.75) is 0 Å². The molecule has 2 N–H and O–H groups in total. The lowest BCUT2D eigenvalue weighted by atomic mass is 10.1. The maximum atomic E-state index is 13.2. The molecule has 0 heterocycles. The number of halogens is 1. The maximum absolute atomic E-state index is 13.2. The third kappa shape index (κ3) is 4.23. The van der Waals surface area contributed by atoms with E-state index in [2.05, 4.69) is 0 Å². The third-order valence-electron chi connectivity index (χ3n) is 2.33. The van der Waals surface area contributed by atoms with E-state index in [0.717, 1.165) is 6.07 Å². The van der Waals surface area contributed by atoms with Crippen molar-refractivity contribution in [2.75, 3.05) is 13.1 Å². The van der Waals surface area contributed by atoms with Gasteiger partial charge in [0, 0.05) is 11.6 Å². The van der Waals surface area contributed by atoms with Gasteiger partial charge in [-0.2, -0.15) is 4.39 Å². The Balaban J connectivity index is 3.13. The summed E-state index contributed by atoms with van der Waals surface area (Å²) in [5.74, 6) is -5.15. The lowest BCUT2D eigenvalue weighted by Gasteiger charge is -2.18. The Labute approximate surface area is 116 Å². The van der Waals surface area contributed by atoms with Crippen LogP contribution in [0.5, 0.6) is 0 Å². The molecule has 0 bridgehead atoms. The van der Waals surface area contributed by atoms with Gasteiger partial charge in [0.1, 0.15) is 13.1 Å². The molecule has 0 unspecified atom stereocenters. The summed E-state index contributed by atoms with van der Waals surface area (Å²) >= 11 is 0. The molecule has 21 heavy (non-hydrogen) atoms. The summed E-state index contributed by atoms with van der Waals surface area (Å²) < 4.78 is 13.2. The van der Waals surface area contributed by atoms with Crippen molar-refractivity contribution in [1.29, 1.82) is 0 Å². The van der Waals surface area contributed by atoms with Gasteiger partial charge in [0.15, 0.2) is 0 Å². The summed E-state index contributed by atoms with van der Waals surface area (Å²) in [5.41, 5.74) is -1.35. The Morgan fingerprint density at radius 3 is 2.14 bits per heavy atom. The quantitative estimate of drug-likeness (QED) is 0.570. The lowest BCUT2D eigenvalue weighted by molar-refractivity contribution is -0.387. The van der Waals surface area contributed by atoms with Gasteiger partial charge in [-0.05, 0) is 12.1 Å². The molecule has 0 aliphatic heterocycles. The van der Waals surface area contributed by atoms with Crippen molar-refractivity contribution < 1.29 is 33.9 Å². The van der Waals surface area contributed by atoms with Crippen molar-refractivity contribution in [3.05, 3.63) is 39.7 Å². The van der Waals surface area contributed by atoms with Crippen LogP contribution >= 0.6 is 0 Å². The molecule has 0 aromatic heterocycles. The standard InChI is InChI=1S/C11H9FN2O7/c12-7-2-1-6(3-8(7)14(20)21)11(19)13(4-9(15)16)5-10(17)18/h1-3H,4-5H2,(H,15,16)(H,17,18). The Morgan fingerprint density at radius 2 is 1.71 bits per heavy atom. The van der Waals surface area contributed by atoms with Gasteiger partial charge < -0.3 is 15.1 Å². The highest BCUT2D eigenvalue weighted by molar-refractivity contribution is 5.97. The predicted octanol–water partition coefficient (Wildman–Crippen LogP) is 0.345. The number of benzene rings is 1. The Hall–Kier alpha value is -3.04. The van der Waals surface area contributed by atoms with E-state index in [9.17, 15) is 28.9 Å². The van der Waals surface area contributed by atoms with E-state index in [0.29, 0.717) is 17.0 Å². The number of nitro groups is 1. The molecule has 0 fully saturated rings. The number of rotatable bonds is 6. The van der Waals surface area contributed by atoms with Crippen molar-refractivity contribution in [2.24, 2.45) is 0 Å². The van der Waals surface area contributed by atoms with E-state index >= 15 is 0 Å². The highest BCUT2D eigenvalue weighted by Gasteiger charge is 2.24. The van der Waals surface area contributed by atoms with Crippen LogP contribution in [-0.2, 0) is 9.59 Å². The van der Waals surface area contributed by atoms with Crippen LogP contribution < -0.4 is 0 Å². The Morgan fingerprint density at radius 1 is 1.19 bits per heavy atom. The second-order valence-electron chi connectivity index (χ2n) is 3.87. The van der Waals surface area contributed by atoms with Crippen molar-refractivity contribution in [3.8, 4) is 0 Å². The highest BCUT2D eigenvalue weighted by Crippen LogP contribution is 2.19. The van der Waals surface area contributed by atoms with E-state index in [4.69, 9.17) is 10.2 Å². The Bertz CT molecular complexity index is 601. The average molecular weight is 300 g/mol. The van der Waals surface area contributed by atoms with E-state index in [1.54, 1.807) is 0 Å². The van der Waals surface area contributed by atoms with Crippen LogP contribution in [0.15, 0.2) is 18.2 Å². The van der Waals surface area contributed by atoms with Gasteiger partial charge in [-0.15, -0.1) is 0 Å². The highest BCUT2D eigenvalue weighted by atomic mass is 19.1. The van der Waals surface area contributed by atoms with Gasteiger partial charge in [-0.1, -0.05) is 0 Å². The van der Waals surface area contributed by atoms with E-state index < -0.39 is 47.4 Å². The van der Waals surface area contributed by atoms with Gasteiger partial charge in [0.2, 0.25) is 5.82 Å². The molecule has 9 nitrogen and oxygen atoms in total. The molecule has 1 amide bonds. The van der Waals surface area contributed by atoms with Crippen LogP contribution in [-0.4, -0.2) is 51.0 Å². The predicted molar refractivity (Wildman–Crippen MR) is 64.2 cm³/mol. The molecule has 0 saturated carbocycles. The minimum Gasteiger partial charge on any atom is -0.480 e. The number of hydrogen-bond donors (Lipinski definition) is 2. The van der Waals surface area contributed by atoms with Crippen molar-refractivity contribution in [1.82, 2.24) is 4.90 Å². The van der Waals surface area contributed by atoms with Crippen molar-refractivity contribution in [3.63, 3.8) is 0 Å². The first kappa shape index (κ1) is 16.0. The van der Waals surface area contributed by atoms with E-state index in [-0.39, 0.29) is 5.56 Å². The van der Waals surface area contributed by atoms with Gasteiger partial charge in [-0.25, -0.2) is 0 Å². The molecule has 0 aliphatic rings. The number of carboxylic acid groups (broad SMARTS) is 2. The van der Waals surface area contributed by atoms with E-state index in [1.807, 2.05) is 0 Å². The zero-order valence-electron chi connectivity index (χ0n) is 10.4. The molecule has 1 aromatic carbocycles. The van der Waals surface area contributed by atoms with Crippen LogP contribution in [0.3, 0.4) is 0 Å². The minimum absolute atomic E-state index is 0.384. The largest absolute Gasteiger partial charge is 0.480 e. The lowest BCUT2D eigenvalue weighted by Crippen LogP contribution is -2.39. The first-order chi connectivity index (χ1) is 9.72. The molecule has 0 aliphatic carbocycles. The molecule has 0 radical (unpaired) electrons. The number of amides is 1. The first-order valence-electron chi connectivity index (χ1n) is 5.39. The number of aliphatic carboxylic acids is 2. The molecule has 0 atom stereocenters. The third-order valence-corrected chi connectivity index (χ3v) is 2.33. The van der Waals surface area contributed by atoms with Crippen LogP contribution in [0.1, 0.15) is 10.4 Å². The van der Waals surface area contributed by atoms with Gasteiger partial charge in [0.05, 0.1) is 4.92 Å². The summed E-state index contributed by atoms with van der Waals surface area (Å²) in [4.78, 5) is 43.1. The summed E-state index contributed by atoms with van der Waals surface area (Å²) in [6.07, 6.45) is 0. The fourth-order valence-corrected chi connectivity index (χ4v) is 1.49. The van der Waals surface area contributed by atoms with Crippen LogP contribution in [0.4, 0.5) is 10.1 Å². The van der Waals surface area contributed by atoms with Gasteiger partial charge >= 0.3 is 17.6 Å². The summed E-state index contributed by atoms with van der Waals surface area (Å²) in [5, 5.41) is 27.8. The Kier molecular flexibility index (Phi) is 4.89. The van der Waals surface area contributed by atoms with Gasteiger partial charge in [0.25, 0.3) is 5.91 Å². The monoisotopic (exact) mass is 300 g/mol. The second-order valence-corrected chi connectivity index (χ2v) is 3.87. The summed E-state index contributed by atoms with van der Waals surface area (Å²) in [6, 6.07) is 2.20. The SMILES string of the molecule is O=C(O)CN(CC(=O)O)C(=O)c1ccc(F)c([N+](=O)[O-])c1. The molecular formula is C11H9FN2O7. The topological polar surface area (TPSA) is 138 Å². The summed E-state index contributed by atoms with van der Waals surface area (Å²) in [6.45, 7) is -1.81. The summed E-state index contributed by atoms with van der Waals surface area (Å²) in [7, 11) is 0. The number of nitrogens with zero attached hydrogens (tertiary/aromatic N) is 2. The second kappa shape index (κ2) is 6.41. The molecular weight excluding hydrogens is 291 g/mol. The normalized spacial score (nSPS) is 9.95. The smallest absolute Gasteiger partial charge is 0.323 e. The number of carbonyl (C=O) groups excluding carboxylic acids is 1. The number of nitro benzene ring substituents is 1. The number of carboxylic acids is 2. The average Bonchev–Trinajstić information content (AvgIpc) is 2.36. The molecule has 112 valence electrons. The van der Waals surface area contributed by atoms with Gasteiger partial charge in [-0.3, -0.25) is 24.5 Å². The minimum atomic E-state index is -1.46. The maximum Gasteiger partial charge on any atom is 0.323 e. The zero-order valence-corrected chi connectivity index (χ0v) is 10.4. The molecule has 10 heteroatoms. The van der Waals surface area contributed by atoms with Crippen LogP contribution in [0.25, 0.3) is 0 Å². The van der Waals surface area contributed by atoms with E-state index in [1.165, 1.54) is 0 Å². The van der Waals surface area contributed by atoms with Crippen LogP contribution in [0.2, 0.25) is 0 Å². The fourth-order valence-electron chi connectivity index (χ4n) is 1.49. The first-order valence-corrected chi connectivity index (χ1v) is 5.39. The fraction of sp³-hybridized carbons (Fsp3) is 0.182. The molecule has 0 saturated heterocycles. The molecule has 0 spiro atoms. The molecule has 1 rings (SSSR count). The molecule has 1 aromatic rings. The number of hydrogen-bond acceptors (Lipinski definition) is 5.